The summed E-state index contributed by atoms with van der Waals surface area (Å²) >= 11 is 0. The Kier molecular flexibility index (Phi) is 9.57. The predicted octanol–water partition coefficient (Wildman–Crippen LogP) is -6.30. The van der Waals surface area contributed by atoms with Gasteiger partial charge in [-0.1, -0.05) is 6.92 Å². The van der Waals surface area contributed by atoms with E-state index in [4.69, 9.17) is 23.7 Å². The standard InChI is InChI=1S/C19H34O15/c1-5-9(23)10(24)6(2-20)31-18(5)33-16-8(4-22)32-19(14(28)12(16)26)34-15-7(3-21)30-17(29)13(27)11(15)25/h5-29H,2-4H2,1H3/t5?,6?,7?,8?,9-,10+,11-,12-,13?,14?,15-,16+,17?,18+,19+/m1/s1. The Bertz CT molecular complexity index is 635. The van der Waals surface area contributed by atoms with Crippen molar-refractivity contribution in [2.75, 3.05) is 19.8 Å². The van der Waals surface area contributed by atoms with Gasteiger partial charge in [0.2, 0.25) is 0 Å². The first kappa shape index (κ1) is 28.0. The van der Waals surface area contributed by atoms with Crippen molar-refractivity contribution in [1.82, 2.24) is 0 Å². The summed E-state index contributed by atoms with van der Waals surface area (Å²) in [7, 11) is 0. The van der Waals surface area contributed by atoms with Crippen molar-refractivity contribution >= 4 is 0 Å². The lowest BCUT2D eigenvalue weighted by Crippen LogP contribution is -2.65. The second-order valence-corrected chi connectivity index (χ2v) is 8.70. The lowest BCUT2D eigenvalue weighted by Gasteiger charge is -2.48. The fourth-order valence-corrected chi connectivity index (χ4v) is 4.25. The van der Waals surface area contributed by atoms with Gasteiger partial charge in [0.1, 0.15) is 61.0 Å². The third-order valence-electron chi connectivity index (χ3n) is 6.43. The van der Waals surface area contributed by atoms with Crippen molar-refractivity contribution in [1.29, 1.82) is 0 Å². The first-order valence-electron chi connectivity index (χ1n) is 10.9. The normalized spacial score (nSPS) is 52.5. The molecule has 15 heteroatoms. The molecule has 200 valence electrons. The fourth-order valence-electron chi connectivity index (χ4n) is 4.25. The first-order valence-corrected chi connectivity index (χ1v) is 10.9. The maximum absolute atomic E-state index is 10.7. The molecule has 15 atom stereocenters. The monoisotopic (exact) mass is 502 g/mol. The van der Waals surface area contributed by atoms with Crippen LogP contribution in [0.4, 0.5) is 0 Å². The summed E-state index contributed by atoms with van der Waals surface area (Å²) in [6, 6.07) is 0. The number of ether oxygens (including phenoxy) is 5. The lowest BCUT2D eigenvalue weighted by molar-refractivity contribution is -0.374. The summed E-state index contributed by atoms with van der Waals surface area (Å²) in [6.45, 7) is -0.617. The summed E-state index contributed by atoms with van der Waals surface area (Å²) in [6.07, 6.45) is -21.3. The Morgan fingerprint density at radius 1 is 0.529 bits per heavy atom. The molecule has 10 N–H and O–H groups in total. The molecule has 3 rings (SSSR count). The number of aliphatic hydroxyl groups excluding tert-OH is 10. The molecule has 0 saturated carbocycles. The molecule has 0 spiro atoms. The molecule has 34 heavy (non-hydrogen) atoms. The van der Waals surface area contributed by atoms with E-state index in [-0.39, 0.29) is 0 Å². The van der Waals surface area contributed by atoms with Crippen LogP contribution in [0.15, 0.2) is 0 Å². The Balaban J connectivity index is 1.72. The lowest BCUT2D eigenvalue weighted by atomic mass is 9.92. The maximum Gasteiger partial charge on any atom is 0.187 e. The molecule has 7 unspecified atom stereocenters. The van der Waals surface area contributed by atoms with Crippen LogP contribution in [-0.2, 0) is 23.7 Å². The van der Waals surface area contributed by atoms with Gasteiger partial charge in [-0.2, -0.15) is 0 Å². The van der Waals surface area contributed by atoms with Crippen LogP contribution >= 0.6 is 0 Å². The minimum Gasteiger partial charge on any atom is -0.394 e. The van der Waals surface area contributed by atoms with Gasteiger partial charge in [-0.25, -0.2) is 0 Å². The van der Waals surface area contributed by atoms with Crippen LogP contribution in [0, 0.1) is 5.92 Å². The Labute approximate surface area is 194 Å². The maximum atomic E-state index is 10.7. The molecular formula is C19H34O15. The Hall–Kier alpha value is -0.600. The van der Waals surface area contributed by atoms with E-state index >= 15 is 0 Å². The van der Waals surface area contributed by atoms with E-state index in [9.17, 15) is 51.1 Å². The van der Waals surface area contributed by atoms with E-state index in [0.29, 0.717) is 0 Å². The largest absolute Gasteiger partial charge is 0.394 e. The van der Waals surface area contributed by atoms with Crippen LogP contribution in [0.1, 0.15) is 6.92 Å². The predicted molar refractivity (Wildman–Crippen MR) is 104 cm³/mol. The van der Waals surface area contributed by atoms with Crippen LogP contribution in [0.5, 0.6) is 0 Å². The number of hydrogen-bond acceptors (Lipinski definition) is 15. The van der Waals surface area contributed by atoms with Gasteiger partial charge in [0, 0.05) is 5.92 Å². The van der Waals surface area contributed by atoms with Gasteiger partial charge < -0.3 is 74.7 Å². The molecule has 3 saturated heterocycles. The van der Waals surface area contributed by atoms with Gasteiger partial charge in [-0.05, 0) is 0 Å². The average molecular weight is 502 g/mol. The molecule has 0 radical (unpaired) electrons. The molecule has 3 heterocycles. The van der Waals surface area contributed by atoms with Crippen molar-refractivity contribution in [2.45, 2.75) is 92.9 Å². The van der Waals surface area contributed by atoms with E-state index in [1.54, 1.807) is 0 Å². The average Bonchev–Trinajstić information content (AvgIpc) is 2.83. The summed E-state index contributed by atoms with van der Waals surface area (Å²) in [5, 5.41) is 99.7. The number of hydrogen-bond donors (Lipinski definition) is 10. The fraction of sp³-hybridized carbons (Fsp3) is 1.00. The molecular weight excluding hydrogens is 468 g/mol. The molecule has 3 aliphatic rings. The quantitative estimate of drug-likeness (QED) is 0.155. The second-order valence-electron chi connectivity index (χ2n) is 8.70. The Morgan fingerprint density at radius 3 is 1.56 bits per heavy atom. The third kappa shape index (κ3) is 5.39. The molecule has 0 aromatic heterocycles. The minimum absolute atomic E-state index is 0.630. The molecule has 3 aliphatic heterocycles. The topological polar surface area (TPSA) is 248 Å². The highest BCUT2D eigenvalue weighted by Gasteiger charge is 2.52. The van der Waals surface area contributed by atoms with E-state index in [2.05, 4.69) is 0 Å². The van der Waals surface area contributed by atoms with Gasteiger partial charge in [0.05, 0.1) is 25.9 Å². The third-order valence-corrected chi connectivity index (χ3v) is 6.43. The van der Waals surface area contributed by atoms with Crippen molar-refractivity contribution in [3.63, 3.8) is 0 Å². The highest BCUT2D eigenvalue weighted by molar-refractivity contribution is 4.95. The van der Waals surface area contributed by atoms with Crippen LogP contribution in [0.3, 0.4) is 0 Å². The Morgan fingerprint density at radius 2 is 1.00 bits per heavy atom. The van der Waals surface area contributed by atoms with Gasteiger partial charge in [-0.15, -0.1) is 0 Å². The molecule has 0 aromatic carbocycles. The summed E-state index contributed by atoms with van der Waals surface area (Å²) in [5.74, 6) is -0.830. The van der Waals surface area contributed by atoms with Crippen LogP contribution in [-0.4, -0.2) is 157 Å². The summed E-state index contributed by atoms with van der Waals surface area (Å²) in [4.78, 5) is 0. The highest BCUT2D eigenvalue weighted by atomic mass is 16.7. The molecule has 15 nitrogen and oxygen atoms in total. The van der Waals surface area contributed by atoms with Crippen LogP contribution in [0.25, 0.3) is 0 Å². The van der Waals surface area contributed by atoms with Crippen molar-refractivity contribution in [3.05, 3.63) is 0 Å². The van der Waals surface area contributed by atoms with Gasteiger partial charge >= 0.3 is 0 Å². The van der Waals surface area contributed by atoms with Crippen LogP contribution in [0.2, 0.25) is 0 Å². The molecule has 0 amide bonds. The number of aliphatic hydroxyl groups is 10. The summed E-state index contributed by atoms with van der Waals surface area (Å²) < 4.78 is 27.1. The molecule has 0 aliphatic carbocycles. The second kappa shape index (κ2) is 11.6. The van der Waals surface area contributed by atoms with Gasteiger partial charge in [0.15, 0.2) is 18.9 Å². The van der Waals surface area contributed by atoms with Crippen LogP contribution < -0.4 is 0 Å². The number of rotatable bonds is 7. The van der Waals surface area contributed by atoms with Gasteiger partial charge in [0.25, 0.3) is 0 Å². The zero-order valence-corrected chi connectivity index (χ0v) is 18.3. The van der Waals surface area contributed by atoms with E-state index in [1.807, 2.05) is 0 Å². The first-order chi connectivity index (χ1) is 16.0. The highest BCUT2D eigenvalue weighted by Crippen LogP contribution is 2.33. The van der Waals surface area contributed by atoms with Crippen molar-refractivity contribution in [3.8, 4) is 0 Å². The van der Waals surface area contributed by atoms with Crippen molar-refractivity contribution < 1.29 is 74.7 Å². The molecule has 0 bridgehead atoms. The molecule has 3 fully saturated rings. The SMILES string of the molecule is CC1[C@H](O[C@H]2C(CO)O[C@@H](O[C@@H]3C(CO)OC(O)C(O)[C@H]3O)C(O)[C@H]2O)OC(CO)[C@H](O)[C@@H]1O. The zero-order chi connectivity index (χ0) is 25.3. The minimum atomic E-state index is -1.83. The van der Waals surface area contributed by atoms with E-state index in [0.717, 1.165) is 0 Å². The smallest absolute Gasteiger partial charge is 0.187 e. The van der Waals surface area contributed by atoms with E-state index < -0.39 is 112 Å². The van der Waals surface area contributed by atoms with Gasteiger partial charge in [-0.3, -0.25) is 0 Å². The van der Waals surface area contributed by atoms with E-state index in [1.165, 1.54) is 6.92 Å². The van der Waals surface area contributed by atoms with Crippen molar-refractivity contribution in [2.24, 2.45) is 5.92 Å². The zero-order valence-electron chi connectivity index (χ0n) is 18.3. The molecule has 0 aromatic rings. The summed E-state index contributed by atoms with van der Waals surface area (Å²) in [5.41, 5.74) is 0.